The Labute approximate surface area is 256 Å². The number of halogens is 1. The molecule has 1 amide bonds. The van der Waals surface area contributed by atoms with E-state index in [0.717, 1.165) is 22.0 Å². The zero-order chi connectivity index (χ0) is 30.9. The van der Waals surface area contributed by atoms with Crippen molar-refractivity contribution in [2.45, 2.75) is 32.7 Å². The van der Waals surface area contributed by atoms with Gasteiger partial charge in [-0.3, -0.25) is 9.59 Å². The van der Waals surface area contributed by atoms with Crippen LogP contribution < -0.4 is 10.1 Å². The lowest BCUT2D eigenvalue weighted by Crippen LogP contribution is -2.12. The summed E-state index contributed by atoms with van der Waals surface area (Å²) in [6, 6.07) is 33.4. The van der Waals surface area contributed by atoms with Gasteiger partial charge in [0.15, 0.2) is 11.6 Å². The molecule has 1 heterocycles. The molecule has 0 aliphatic carbocycles. The van der Waals surface area contributed by atoms with Crippen LogP contribution in [0, 0.1) is 5.82 Å². The number of para-hydroxylation sites is 1. The van der Waals surface area contributed by atoms with Crippen LogP contribution in [0.2, 0.25) is 0 Å². The summed E-state index contributed by atoms with van der Waals surface area (Å²) in [5.74, 6) is -1.40. The number of amides is 1. The van der Waals surface area contributed by atoms with Gasteiger partial charge in [-0.05, 0) is 72.9 Å². The molecule has 0 bridgehead atoms. The SMILES string of the molecule is CCOC(=O)CCCOc1c(F)cccc1NC(=O)/C=C(\C)c1ccc2c(ccn2C(c2ccccc2)c2ccccc2)c1. The summed E-state index contributed by atoms with van der Waals surface area (Å²) in [5, 5.41) is 3.79. The number of fused-ring (bicyclic) bond motifs is 1. The van der Waals surface area contributed by atoms with E-state index in [9.17, 15) is 14.0 Å². The molecule has 0 spiro atoms. The second-order valence-corrected chi connectivity index (χ2v) is 10.4. The third-order valence-electron chi connectivity index (χ3n) is 7.33. The number of hydrogen-bond acceptors (Lipinski definition) is 4. The fourth-order valence-electron chi connectivity index (χ4n) is 5.25. The van der Waals surface area contributed by atoms with Crippen molar-refractivity contribution in [1.29, 1.82) is 0 Å². The van der Waals surface area contributed by atoms with Crippen LogP contribution >= 0.6 is 0 Å². The number of aromatic nitrogens is 1. The molecule has 0 atom stereocenters. The molecule has 0 aliphatic rings. The Morgan fingerprint density at radius 2 is 1.61 bits per heavy atom. The van der Waals surface area contributed by atoms with E-state index in [1.807, 2.05) is 25.1 Å². The van der Waals surface area contributed by atoms with E-state index in [1.54, 1.807) is 13.0 Å². The van der Waals surface area contributed by atoms with Crippen LogP contribution in [0.5, 0.6) is 5.75 Å². The topological polar surface area (TPSA) is 69.6 Å². The molecule has 0 saturated heterocycles. The molecule has 0 aliphatic heterocycles. The molecule has 6 nitrogen and oxygen atoms in total. The second kappa shape index (κ2) is 14.3. The maximum atomic E-state index is 14.6. The third-order valence-corrected chi connectivity index (χ3v) is 7.33. The van der Waals surface area contributed by atoms with Crippen LogP contribution in [0.1, 0.15) is 49.4 Å². The van der Waals surface area contributed by atoms with E-state index in [2.05, 4.69) is 82.8 Å². The Kier molecular flexibility index (Phi) is 9.87. The summed E-state index contributed by atoms with van der Waals surface area (Å²) in [6.07, 6.45) is 4.12. The fraction of sp³-hybridized carbons (Fsp3) is 0.189. The van der Waals surface area contributed by atoms with Gasteiger partial charge in [0.1, 0.15) is 0 Å². The van der Waals surface area contributed by atoms with Gasteiger partial charge in [-0.2, -0.15) is 0 Å². The summed E-state index contributed by atoms with van der Waals surface area (Å²) >= 11 is 0. The van der Waals surface area contributed by atoms with Crippen LogP contribution in [0.25, 0.3) is 16.5 Å². The highest BCUT2D eigenvalue weighted by Crippen LogP contribution is 2.32. The number of ether oxygens (including phenoxy) is 2. The van der Waals surface area contributed by atoms with Crippen LogP contribution in [0.4, 0.5) is 10.1 Å². The standard InChI is InChI=1S/C37H35FN2O4/c1-3-43-35(42)18-11-23-44-37-31(38)16-10-17-32(37)39-34(41)24-26(2)29-19-20-33-30(25-29)21-22-40(33)36(27-12-6-4-7-13-27)28-14-8-5-9-15-28/h4-10,12-17,19-22,24-25,36H,3,11,18,23H2,1-2H3,(H,39,41)/b26-24+. The van der Waals surface area contributed by atoms with Crippen molar-refractivity contribution >= 4 is 34.0 Å². The highest BCUT2D eigenvalue weighted by atomic mass is 19.1. The van der Waals surface area contributed by atoms with Crippen molar-refractivity contribution < 1.29 is 23.5 Å². The Morgan fingerprint density at radius 1 is 0.909 bits per heavy atom. The quantitative estimate of drug-likeness (QED) is 0.0904. The van der Waals surface area contributed by atoms with Crippen LogP contribution in [0.15, 0.2) is 115 Å². The first-order valence-electron chi connectivity index (χ1n) is 14.7. The minimum Gasteiger partial charge on any atom is -0.488 e. The van der Waals surface area contributed by atoms with Gasteiger partial charge >= 0.3 is 5.97 Å². The summed E-state index contributed by atoms with van der Waals surface area (Å²) in [4.78, 5) is 24.5. The van der Waals surface area contributed by atoms with Crippen molar-refractivity contribution in [3.05, 3.63) is 138 Å². The monoisotopic (exact) mass is 590 g/mol. The fourth-order valence-corrected chi connectivity index (χ4v) is 5.25. The Morgan fingerprint density at radius 3 is 2.30 bits per heavy atom. The average Bonchev–Trinajstić information content (AvgIpc) is 3.44. The maximum absolute atomic E-state index is 14.6. The predicted molar refractivity (Wildman–Crippen MR) is 172 cm³/mol. The Balaban J connectivity index is 1.33. The maximum Gasteiger partial charge on any atom is 0.305 e. The van der Waals surface area contributed by atoms with Crippen molar-refractivity contribution in [3.8, 4) is 5.75 Å². The van der Waals surface area contributed by atoms with E-state index in [1.165, 1.54) is 29.3 Å². The van der Waals surface area contributed by atoms with E-state index < -0.39 is 11.7 Å². The predicted octanol–water partition coefficient (Wildman–Crippen LogP) is 8.18. The van der Waals surface area contributed by atoms with Gasteiger partial charge in [0.25, 0.3) is 0 Å². The first kappa shape index (κ1) is 30.3. The lowest BCUT2D eigenvalue weighted by molar-refractivity contribution is -0.143. The molecule has 5 rings (SSSR count). The molecule has 224 valence electrons. The zero-order valence-electron chi connectivity index (χ0n) is 24.8. The lowest BCUT2D eigenvalue weighted by Gasteiger charge is -2.21. The van der Waals surface area contributed by atoms with Gasteiger partial charge in [0.05, 0.1) is 24.9 Å². The largest absolute Gasteiger partial charge is 0.488 e. The molecule has 0 unspecified atom stereocenters. The zero-order valence-corrected chi connectivity index (χ0v) is 24.8. The number of benzene rings is 4. The summed E-state index contributed by atoms with van der Waals surface area (Å²) in [7, 11) is 0. The number of carbonyl (C=O) groups excluding carboxylic acids is 2. The Bertz CT molecular complexity index is 1720. The summed E-state index contributed by atoms with van der Waals surface area (Å²) in [6.45, 7) is 4.02. The number of esters is 1. The molecule has 0 radical (unpaired) electrons. The molecule has 5 aromatic rings. The average molecular weight is 591 g/mol. The van der Waals surface area contributed by atoms with Gasteiger partial charge in [-0.25, -0.2) is 4.39 Å². The smallest absolute Gasteiger partial charge is 0.305 e. The molecule has 0 fully saturated rings. The van der Waals surface area contributed by atoms with Crippen molar-refractivity contribution in [2.75, 3.05) is 18.5 Å². The first-order chi connectivity index (χ1) is 21.4. The first-order valence-corrected chi connectivity index (χ1v) is 14.7. The third kappa shape index (κ3) is 7.24. The van der Waals surface area contributed by atoms with Crippen molar-refractivity contribution in [1.82, 2.24) is 4.57 Å². The lowest BCUT2D eigenvalue weighted by atomic mass is 9.98. The number of rotatable bonds is 12. The molecule has 7 heteroatoms. The van der Waals surface area contributed by atoms with Gasteiger partial charge in [0.2, 0.25) is 5.91 Å². The van der Waals surface area contributed by atoms with Gasteiger partial charge in [-0.1, -0.05) is 72.8 Å². The molecule has 0 saturated carbocycles. The van der Waals surface area contributed by atoms with Crippen molar-refractivity contribution in [3.63, 3.8) is 0 Å². The van der Waals surface area contributed by atoms with Gasteiger partial charge in [0, 0.05) is 29.6 Å². The molecule has 1 N–H and O–H groups in total. The molecular formula is C37H35FN2O4. The molecule has 1 aromatic heterocycles. The number of hydrogen-bond donors (Lipinski definition) is 1. The molecule has 4 aromatic carbocycles. The van der Waals surface area contributed by atoms with Gasteiger partial charge < -0.3 is 19.4 Å². The summed E-state index contributed by atoms with van der Waals surface area (Å²) in [5.41, 5.74) is 5.33. The van der Waals surface area contributed by atoms with E-state index >= 15 is 0 Å². The van der Waals surface area contributed by atoms with Crippen molar-refractivity contribution in [2.24, 2.45) is 0 Å². The highest BCUT2D eigenvalue weighted by Gasteiger charge is 2.18. The summed E-state index contributed by atoms with van der Waals surface area (Å²) < 4.78 is 27.4. The number of carbonyl (C=O) groups is 2. The van der Waals surface area contributed by atoms with E-state index in [-0.39, 0.29) is 36.5 Å². The van der Waals surface area contributed by atoms with E-state index in [0.29, 0.717) is 13.0 Å². The molecular weight excluding hydrogens is 555 g/mol. The Hall–Kier alpha value is -5.17. The van der Waals surface area contributed by atoms with Gasteiger partial charge in [-0.15, -0.1) is 0 Å². The van der Waals surface area contributed by atoms with Crippen LogP contribution in [-0.4, -0.2) is 29.7 Å². The number of anilines is 1. The minimum absolute atomic E-state index is 0.0102. The normalized spacial score (nSPS) is 11.5. The van der Waals surface area contributed by atoms with Crippen LogP contribution in [0.3, 0.4) is 0 Å². The molecule has 44 heavy (non-hydrogen) atoms. The highest BCUT2D eigenvalue weighted by molar-refractivity contribution is 6.05. The second-order valence-electron chi connectivity index (χ2n) is 10.4. The van der Waals surface area contributed by atoms with E-state index in [4.69, 9.17) is 9.47 Å². The number of allylic oxidation sites excluding steroid dienone is 1. The minimum atomic E-state index is -0.598. The van der Waals surface area contributed by atoms with Crippen LogP contribution in [-0.2, 0) is 14.3 Å². The number of nitrogens with one attached hydrogen (secondary N) is 1. The number of nitrogens with zero attached hydrogens (tertiary/aromatic N) is 1.